The van der Waals surface area contributed by atoms with Gasteiger partial charge in [0.25, 0.3) is 5.91 Å². The molecular weight excluding hydrogens is 458 g/mol. The summed E-state index contributed by atoms with van der Waals surface area (Å²) < 4.78 is 1.77. The van der Waals surface area contributed by atoms with E-state index in [2.05, 4.69) is 25.5 Å². The highest BCUT2D eigenvalue weighted by molar-refractivity contribution is 7.99. The first-order chi connectivity index (χ1) is 14.9. The summed E-state index contributed by atoms with van der Waals surface area (Å²) >= 11 is 8.74. The number of aryl methyl sites for hydroxylation is 1. The van der Waals surface area contributed by atoms with Crippen LogP contribution in [0, 0.1) is 6.92 Å². The Morgan fingerprint density at radius 1 is 1.35 bits per heavy atom. The predicted octanol–water partition coefficient (Wildman–Crippen LogP) is 3.51. The fraction of sp³-hybridized carbons (Fsp3) is 0.105. The Bertz CT molecular complexity index is 1260. The predicted molar refractivity (Wildman–Crippen MR) is 121 cm³/mol. The molecule has 0 aliphatic heterocycles. The van der Waals surface area contributed by atoms with Crippen LogP contribution in [0.2, 0.25) is 5.02 Å². The Kier molecular flexibility index (Phi) is 6.07. The van der Waals surface area contributed by atoms with Crippen molar-refractivity contribution in [2.24, 2.45) is 5.73 Å². The van der Waals surface area contributed by atoms with Crippen molar-refractivity contribution < 1.29 is 9.59 Å². The molecule has 3 aromatic heterocycles. The van der Waals surface area contributed by atoms with Gasteiger partial charge >= 0.3 is 0 Å². The summed E-state index contributed by atoms with van der Waals surface area (Å²) in [6.45, 7) is 1.93. The van der Waals surface area contributed by atoms with Crippen molar-refractivity contribution in [3.8, 4) is 16.9 Å². The zero-order valence-corrected chi connectivity index (χ0v) is 18.5. The molecule has 4 aromatic rings. The number of primary amides is 1. The van der Waals surface area contributed by atoms with Crippen molar-refractivity contribution in [3.05, 3.63) is 58.4 Å². The van der Waals surface area contributed by atoms with Gasteiger partial charge in [0.15, 0.2) is 10.3 Å². The molecule has 4 rings (SSSR count). The second-order valence-corrected chi connectivity index (χ2v) is 8.67. The van der Waals surface area contributed by atoms with Crippen LogP contribution in [0.5, 0.6) is 0 Å². The first-order valence-corrected chi connectivity index (χ1v) is 11.2. The van der Waals surface area contributed by atoms with Gasteiger partial charge in [-0.25, -0.2) is 4.98 Å². The number of nitrogens with zero attached hydrogens (tertiary/aromatic N) is 4. The third kappa shape index (κ3) is 4.79. The Labute approximate surface area is 190 Å². The van der Waals surface area contributed by atoms with Crippen molar-refractivity contribution >= 4 is 51.6 Å². The zero-order valence-electron chi connectivity index (χ0n) is 16.1. The van der Waals surface area contributed by atoms with E-state index in [4.69, 9.17) is 17.3 Å². The summed E-state index contributed by atoms with van der Waals surface area (Å²) in [7, 11) is 0. The molecule has 0 fully saturated rings. The van der Waals surface area contributed by atoms with Gasteiger partial charge in [0.1, 0.15) is 12.0 Å². The van der Waals surface area contributed by atoms with Crippen LogP contribution in [0.25, 0.3) is 16.9 Å². The molecule has 0 atom stereocenters. The molecule has 0 unspecified atom stereocenters. The van der Waals surface area contributed by atoms with Gasteiger partial charge in [0, 0.05) is 22.2 Å². The number of aromatic amines is 1. The minimum Gasteiger partial charge on any atom is -0.364 e. The third-order valence-electron chi connectivity index (χ3n) is 4.28. The number of thiazole rings is 1. The normalized spacial score (nSPS) is 10.9. The number of hydrogen-bond acceptors (Lipinski definition) is 7. The molecule has 158 valence electrons. The number of carbonyl (C=O) groups is 2. The number of H-pyrrole nitrogens is 1. The van der Waals surface area contributed by atoms with Crippen LogP contribution in [-0.2, 0) is 4.79 Å². The van der Waals surface area contributed by atoms with E-state index in [1.807, 2.05) is 25.1 Å². The molecule has 31 heavy (non-hydrogen) atoms. The highest BCUT2D eigenvalue weighted by atomic mass is 35.5. The van der Waals surface area contributed by atoms with Crippen LogP contribution < -0.4 is 11.1 Å². The van der Waals surface area contributed by atoms with Crippen LogP contribution in [-0.4, -0.2) is 42.3 Å². The largest absolute Gasteiger partial charge is 0.364 e. The molecule has 1 aromatic carbocycles. The number of thioether (sulfide) groups is 1. The fourth-order valence-corrected chi connectivity index (χ4v) is 4.30. The molecule has 0 radical (unpaired) electrons. The van der Waals surface area contributed by atoms with Gasteiger partial charge in [0.05, 0.1) is 17.1 Å². The molecule has 4 N–H and O–H groups in total. The standard InChI is InChI=1S/C19H16ClN7O2S2/c1-10-2-3-12(5-13(10)20)27-9-23-26-19(27)31-8-16(28)25-18-24-15(7-30-18)11-4-14(17(21)29)22-6-11/h2-7,9,22H,8H2,1H3,(H2,21,29)(H,24,25,28). The summed E-state index contributed by atoms with van der Waals surface area (Å²) in [6, 6.07) is 7.27. The van der Waals surface area contributed by atoms with Crippen LogP contribution in [0.15, 0.2) is 47.3 Å². The number of halogens is 1. The van der Waals surface area contributed by atoms with Crippen molar-refractivity contribution in [1.29, 1.82) is 0 Å². The molecule has 3 heterocycles. The van der Waals surface area contributed by atoms with E-state index in [1.165, 1.54) is 23.1 Å². The molecule has 0 aliphatic rings. The van der Waals surface area contributed by atoms with Gasteiger partial charge in [-0.15, -0.1) is 21.5 Å². The minimum absolute atomic E-state index is 0.128. The van der Waals surface area contributed by atoms with Crippen LogP contribution in [0.4, 0.5) is 5.13 Å². The number of hydrogen-bond donors (Lipinski definition) is 3. The van der Waals surface area contributed by atoms with Crippen molar-refractivity contribution in [1.82, 2.24) is 24.7 Å². The second kappa shape index (κ2) is 8.92. The van der Waals surface area contributed by atoms with E-state index < -0.39 is 5.91 Å². The summed E-state index contributed by atoms with van der Waals surface area (Å²) in [6.07, 6.45) is 3.21. The van der Waals surface area contributed by atoms with Gasteiger partial charge in [-0.1, -0.05) is 29.4 Å². The molecule has 2 amide bonds. The van der Waals surface area contributed by atoms with Gasteiger partial charge in [0.2, 0.25) is 5.91 Å². The lowest BCUT2D eigenvalue weighted by molar-refractivity contribution is -0.113. The summed E-state index contributed by atoms with van der Waals surface area (Å²) in [5.41, 5.74) is 8.67. The fourth-order valence-electron chi connectivity index (χ4n) is 2.67. The second-order valence-electron chi connectivity index (χ2n) is 6.46. The number of carbonyl (C=O) groups excluding carboxylic acids is 2. The molecule has 0 aliphatic carbocycles. The van der Waals surface area contributed by atoms with E-state index in [1.54, 1.807) is 28.5 Å². The number of rotatable bonds is 7. The Morgan fingerprint density at radius 2 is 2.19 bits per heavy atom. The van der Waals surface area contributed by atoms with Crippen LogP contribution >= 0.6 is 34.7 Å². The molecular formula is C19H16ClN7O2S2. The van der Waals surface area contributed by atoms with Crippen LogP contribution in [0.3, 0.4) is 0 Å². The summed E-state index contributed by atoms with van der Waals surface area (Å²) in [5.74, 6) is -0.648. The lowest BCUT2D eigenvalue weighted by Gasteiger charge is -2.07. The average Bonchev–Trinajstić information content (AvgIpc) is 3.48. The topological polar surface area (TPSA) is 132 Å². The Hall–Kier alpha value is -3.15. The number of benzene rings is 1. The van der Waals surface area contributed by atoms with Gasteiger partial charge in [-0.2, -0.15) is 0 Å². The number of nitrogens with one attached hydrogen (secondary N) is 2. The summed E-state index contributed by atoms with van der Waals surface area (Å²) in [4.78, 5) is 30.8. The van der Waals surface area contributed by atoms with Crippen molar-refractivity contribution in [2.75, 3.05) is 11.1 Å². The number of nitrogens with two attached hydrogens (primary N) is 1. The highest BCUT2D eigenvalue weighted by Gasteiger charge is 2.14. The number of aromatic nitrogens is 5. The van der Waals surface area contributed by atoms with Crippen molar-refractivity contribution in [3.63, 3.8) is 0 Å². The monoisotopic (exact) mass is 473 g/mol. The first-order valence-electron chi connectivity index (χ1n) is 8.94. The summed E-state index contributed by atoms with van der Waals surface area (Å²) in [5, 5.41) is 14.2. The van der Waals surface area contributed by atoms with E-state index in [0.29, 0.717) is 32.3 Å². The van der Waals surface area contributed by atoms with E-state index in [0.717, 1.165) is 11.3 Å². The minimum atomic E-state index is -0.548. The average molecular weight is 474 g/mol. The third-order valence-corrected chi connectivity index (χ3v) is 6.39. The molecule has 9 nitrogen and oxygen atoms in total. The number of anilines is 1. The maximum absolute atomic E-state index is 12.4. The lowest BCUT2D eigenvalue weighted by Crippen LogP contribution is -2.14. The maximum Gasteiger partial charge on any atom is 0.265 e. The maximum atomic E-state index is 12.4. The molecule has 0 spiro atoms. The van der Waals surface area contributed by atoms with E-state index >= 15 is 0 Å². The lowest BCUT2D eigenvalue weighted by atomic mass is 10.2. The van der Waals surface area contributed by atoms with Gasteiger partial charge < -0.3 is 16.0 Å². The Morgan fingerprint density at radius 3 is 2.94 bits per heavy atom. The number of amides is 2. The quantitative estimate of drug-likeness (QED) is 0.352. The van der Waals surface area contributed by atoms with Gasteiger partial charge in [-0.3, -0.25) is 14.2 Å². The Balaban J connectivity index is 1.38. The van der Waals surface area contributed by atoms with Crippen molar-refractivity contribution in [2.45, 2.75) is 12.1 Å². The smallest absolute Gasteiger partial charge is 0.265 e. The van der Waals surface area contributed by atoms with E-state index in [9.17, 15) is 9.59 Å². The zero-order chi connectivity index (χ0) is 22.0. The van der Waals surface area contributed by atoms with E-state index in [-0.39, 0.29) is 11.7 Å². The SMILES string of the molecule is Cc1ccc(-n2cnnc2SCC(=O)Nc2nc(-c3c[nH]c(C(N)=O)c3)cs2)cc1Cl. The highest BCUT2D eigenvalue weighted by Crippen LogP contribution is 2.27. The molecule has 0 saturated carbocycles. The first kappa shape index (κ1) is 21.1. The molecule has 0 saturated heterocycles. The molecule has 0 bridgehead atoms. The van der Waals surface area contributed by atoms with Gasteiger partial charge in [-0.05, 0) is 30.7 Å². The van der Waals surface area contributed by atoms with Crippen LogP contribution in [0.1, 0.15) is 16.1 Å². The molecule has 12 heteroatoms.